The van der Waals surface area contributed by atoms with Gasteiger partial charge in [-0.25, -0.2) is 4.39 Å². The Kier molecular flexibility index (Phi) is 2.63. The van der Waals surface area contributed by atoms with Crippen molar-refractivity contribution in [2.24, 2.45) is 5.92 Å². The molecule has 1 aromatic heterocycles. The second-order valence-corrected chi connectivity index (χ2v) is 4.66. The van der Waals surface area contributed by atoms with Crippen LogP contribution in [0, 0.1) is 5.92 Å². The van der Waals surface area contributed by atoms with Crippen LogP contribution in [0.15, 0.2) is 23.1 Å². The lowest BCUT2D eigenvalue weighted by molar-refractivity contribution is 0.437. The van der Waals surface area contributed by atoms with Crippen LogP contribution < -0.4 is 5.56 Å². The fourth-order valence-electron chi connectivity index (χ4n) is 1.85. The second kappa shape index (κ2) is 3.80. The molecule has 0 unspecified atom stereocenters. The molecule has 15 heavy (non-hydrogen) atoms. The zero-order valence-electron chi connectivity index (χ0n) is 9.11. The molecule has 1 fully saturated rings. The first-order valence-corrected chi connectivity index (χ1v) is 5.43. The Labute approximate surface area is 88.7 Å². The van der Waals surface area contributed by atoms with Gasteiger partial charge in [0, 0.05) is 18.2 Å². The molecular weight excluding hydrogens is 193 g/mol. The summed E-state index contributed by atoms with van der Waals surface area (Å²) in [5.41, 5.74) is 0.781. The van der Waals surface area contributed by atoms with Crippen LogP contribution in [0.5, 0.6) is 0 Å². The summed E-state index contributed by atoms with van der Waals surface area (Å²) < 4.78 is 14.4. The van der Waals surface area contributed by atoms with Crippen LogP contribution in [0.25, 0.3) is 0 Å². The first-order chi connectivity index (χ1) is 7.09. The number of hydrogen-bond donors (Lipinski definition) is 0. The first kappa shape index (κ1) is 10.4. The number of nitrogens with zero attached hydrogens (tertiary/aromatic N) is 1. The highest BCUT2D eigenvalue weighted by Gasteiger charge is 2.39. The maximum absolute atomic E-state index is 12.9. The third-order valence-electron chi connectivity index (χ3n) is 2.72. The van der Waals surface area contributed by atoms with Crippen molar-refractivity contribution in [3.05, 3.63) is 34.2 Å². The van der Waals surface area contributed by atoms with E-state index in [4.69, 9.17) is 0 Å². The normalized spacial score (nSPS) is 24.5. The van der Waals surface area contributed by atoms with E-state index in [2.05, 4.69) is 13.8 Å². The van der Waals surface area contributed by atoms with Crippen LogP contribution in [0.2, 0.25) is 0 Å². The number of aromatic nitrogens is 1. The van der Waals surface area contributed by atoms with Gasteiger partial charge in [0.1, 0.15) is 6.17 Å². The van der Waals surface area contributed by atoms with Crippen LogP contribution in [-0.2, 0) is 6.42 Å². The average molecular weight is 209 g/mol. The molecule has 0 bridgehead atoms. The van der Waals surface area contributed by atoms with Gasteiger partial charge < -0.3 is 4.57 Å². The highest BCUT2D eigenvalue weighted by Crippen LogP contribution is 2.37. The van der Waals surface area contributed by atoms with E-state index in [1.54, 1.807) is 10.8 Å². The van der Waals surface area contributed by atoms with Crippen LogP contribution >= 0.6 is 0 Å². The van der Waals surface area contributed by atoms with Crippen LogP contribution in [0.3, 0.4) is 0 Å². The second-order valence-electron chi connectivity index (χ2n) is 4.66. The standard InChI is InChI=1S/C12H16FNO/c1-8(2)6-9-4-3-5-14(12(9)15)11-7-10(11)13/h3-5,8,10-11H,6-7H2,1-2H3/t10-,11-/m0/s1. The highest BCUT2D eigenvalue weighted by atomic mass is 19.1. The summed E-state index contributed by atoms with van der Waals surface area (Å²) in [5.74, 6) is 0.453. The van der Waals surface area contributed by atoms with E-state index < -0.39 is 6.17 Å². The van der Waals surface area contributed by atoms with Gasteiger partial charge in [0.25, 0.3) is 5.56 Å². The van der Waals surface area contributed by atoms with Gasteiger partial charge in [-0.15, -0.1) is 0 Å². The van der Waals surface area contributed by atoms with Gasteiger partial charge in [0.05, 0.1) is 6.04 Å². The van der Waals surface area contributed by atoms with Gasteiger partial charge in [0.2, 0.25) is 0 Å². The average Bonchev–Trinajstić information content (AvgIpc) is 2.86. The largest absolute Gasteiger partial charge is 0.309 e. The Morgan fingerprint density at radius 3 is 2.80 bits per heavy atom. The van der Waals surface area contributed by atoms with Crippen molar-refractivity contribution >= 4 is 0 Å². The van der Waals surface area contributed by atoms with E-state index in [1.807, 2.05) is 12.1 Å². The summed E-state index contributed by atoms with van der Waals surface area (Å²) in [6.07, 6.45) is 2.13. The van der Waals surface area contributed by atoms with Crippen LogP contribution in [0.1, 0.15) is 31.9 Å². The van der Waals surface area contributed by atoms with Crippen molar-refractivity contribution in [1.82, 2.24) is 4.57 Å². The molecule has 1 aromatic rings. The van der Waals surface area contributed by atoms with E-state index in [9.17, 15) is 9.18 Å². The van der Waals surface area contributed by atoms with Gasteiger partial charge in [-0.1, -0.05) is 19.9 Å². The Bertz CT molecular complexity index is 410. The zero-order valence-corrected chi connectivity index (χ0v) is 9.11. The summed E-state index contributed by atoms with van der Waals surface area (Å²) in [5, 5.41) is 0. The predicted octanol–water partition coefficient (Wildman–Crippen LogP) is 2.33. The lowest BCUT2D eigenvalue weighted by Gasteiger charge is -2.08. The minimum absolute atomic E-state index is 0.0173. The molecular formula is C12H16FNO. The molecule has 1 heterocycles. The summed E-state index contributed by atoms with van der Waals surface area (Å²) in [4.78, 5) is 11.9. The van der Waals surface area contributed by atoms with Gasteiger partial charge in [-0.05, 0) is 18.4 Å². The number of hydrogen-bond acceptors (Lipinski definition) is 1. The molecule has 1 saturated carbocycles. The molecule has 82 valence electrons. The summed E-state index contributed by atoms with van der Waals surface area (Å²) in [6, 6.07) is 3.48. The van der Waals surface area contributed by atoms with Crippen molar-refractivity contribution in [2.45, 2.75) is 38.9 Å². The third kappa shape index (κ3) is 2.11. The number of rotatable bonds is 3. The maximum Gasteiger partial charge on any atom is 0.254 e. The molecule has 1 aliphatic rings. The van der Waals surface area contributed by atoms with E-state index in [1.165, 1.54) is 0 Å². The Hall–Kier alpha value is -1.12. The minimum Gasteiger partial charge on any atom is -0.309 e. The number of alkyl halides is 1. The Morgan fingerprint density at radius 1 is 1.60 bits per heavy atom. The van der Waals surface area contributed by atoms with Gasteiger partial charge in [-0.2, -0.15) is 0 Å². The van der Waals surface area contributed by atoms with E-state index in [0.717, 1.165) is 12.0 Å². The lowest BCUT2D eigenvalue weighted by Crippen LogP contribution is -2.23. The molecule has 2 rings (SSSR count). The van der Waals surface area contributed by atoms with Gasteiger partial charge in [0.15, 0.2) is 0 Å². The van der Waals surface area contributed by atoms with Crippen molar-refractivity contribution in [2.75, 3.05) is 0 Å². The van der Waals surface area contributed by atoms with Crippen molar-refractivity contribution < 1.29 is 4.39 Å². The van der Waals surface area contributed by atoms with Crippen molar-refractivity contribution in [3.63, 3.8) is 0 Å². The fourth-order valence-corrected chi connectivity index (χ4v) is 1.85. The molecule has 2 nitrogen and oxygen atoms in total. The molecule has 0 saturated heterocycles. The summed E-state index contributed by atoms with van der Waals surface area (Å²) >= 11 is 0. The summed E-state index contributed by atoms with van der Waals surface area (Å²) in [7, 11) is 0. The quantitative estimate of drug-likeness (QED) is 0.748. The Morgan fingerprint density at radius 2 is 2.27 bits per heavy atom. The van der Waals surface area contributed by atoms with Crippen LogP contribution in [-0.4, -0.2) is 10.7 Å². The predicted molar refractivity (Wildman–Crippen MR) is 57.8 cm³/mol. The zero-order chi connectivity index (χ0) is 11.0. The molecule has 0 spiro atoms. The molecule has 0 aliphatic heterocycles. The van der Waals surface area contributed by atoms with Crippen LogP contribution in [0.4, 0.5) is 4.39 Å². The topological polar surface area (TPSA) is 22.0 Å². The number of pyridine rings is 1. The lowest BCUT2D eigenvalue weighted by atomic mass is 10.0. The SMILES string of the molecule is CC(C)Cc1cccn([C@H]2C[C@@H]2F)c1=O. The summed E-state index contributed by atoms with van der Waals surface area (Å²) in [6.45, 7) is 4.15. The monoisotopic (exact) mass is 209 g/mol. The van der Waals surface area contributed by atoms with Gasteiger partial charge in [-0.3, -0.25) is 4.79 Å². The molecule has 0 amide bonds. The molecule has 2 atom stereocenters. The molecule has 1 aliphatic carbocycles. The minimum atomic E-state index is -0.822. The molecule has 0 aromatic carbocycles. The Balaban J connectivity index is 2.30. The smallest absolute Gasteiger partial charge is 0.254 e. The first-order valence-electron chi connectivity index (χ1n) is 5.43. The third-order valence-corrected chi connectivity index (χ3v) is 2.72. The van der Waals surface area contributed by atoms with E-state index in [-0.39, 0.29) is 11.6 Å². The van der Waals surface area contributed by atoms with Crippen molar-refractivity contribution in [1.29, 1.82) is 0 Å². The van der Waals surface area contributed by atoms with Gasteiger partial charge >= 0.3 is 0 Å². The maximum atomic E-state index is 12.9. The van der Waals surface area contributed by atoms with Crippen molar-refractivity contribution in [3.8, 4) is 0 Å². The highest BCUT2D eigenvalue weighted by molar-refractivity contribution is 5.13. The molecule has 0 radical (unpaired) electrons. The fraction of sp³-hybridized carbons (Fsp3) is 0.583. The molecule has 3 heteroatoms. The van der Waals surface area contributed by atoms with E-state index >= 15 is 0 Å². The van der Waals surface area contributed by atoms with E-state index in [0.29, 0.717) is 12.3 Å². The molecule has 0 N–H and O–H groups in total. The number of halogens is 1.